The Morgan fingerprint density at radius 1 is 1.65 bits per heavy atom. The van der Waals surface area contributed by atoms with Gasteiger partial charge in [-0.2, -0.15) is 5.26 Å². The fourth-order valence-electron chi connectivity index (χ4n) is 1.35. The molecule has 5 heteroatoms. The topological polar surface area (TPSA) is 52.9 Å². The normalized spacial score (nSPS) is 11.6. The van der Waals surface area contributed by atoms with Crippen LogP contribution in [0.4, 0.5) is 10.1 Å². The number of anilines is 1. The van der Waals surface area contributed by atoms with E-state index in [0.29, 0.717) is 6.42 Å². The lowest BCUT2D eigenvalue weighted by Gasteiger charge is -2.09. The predicted molar refractivity (Wildman–Crippen MR) is 64.1 cm³/mol. The van der Waals surface area contributed by atoms with Crippen LogP contribution in [0, 0.1) is 23.1 Å². The van der Waals surface area contributed by atoms with Gasteiger partial charge in [0.2, 0.25) is 5.91 Å². The second-order valence-electron chi connectivity index (χ2n) is 3.58. The third-order valence-corrected chi connectivity index (χ3v) is 2.47. The van der Waals surface area contributed by atoms with Crippen molar-refractivity contribution in [1.29, 1.82) is 5.26 Å². The summed E-state index contributed by atoms with van der Waals surface area (Å²) >= 11 is 5.59. The maximum Gasteiger partial charge on any atom is 0.241 e. The Kier molecular flexibility index (Phi) is 4.92. The van der Waals surface area contributed by atoms with E-state index in [4.69, 9.17) is 16.9 Å². The fraction of sp³-hybridized carbons (Fsp3) is 0.333. The van der Waals surface area contributed by atoms with Gasteiger partial charge in [0.1, 0.15) is 11.7 Å². The molecule has 0 spiro atoms. The molecule has 0 aromatic heterocycles. The molecule has 90 valence electrons. The van der Waals surface area contributed by atoms with E-state index in [2.05, 4.69) is 5.32 Å². The summed E-state index contributed by atoms with van der Waals surface area (Å²) in [4.78, 5) is 11.6. The number of carbonyl (C=O) groups excluding carboxylic acids is 1. The summed E-state index contributed by atoms with van der Waals surface area (Å²) in [7, 11) is 0. The van der Waals surface area contributed by atoms with Crippen LogP contribution in [-0.2, 0) is 4.79 Å². The summed E-state index contributed by atoms with van der Waals surface area (Å²) in [6.07, 6.45) is 1.17. The molecular weight excluding hydrogens is 243 g/mol. The molecule has 1 aromatic rings. The summed E-state index contributed by atoms with van der Waals surface area (Å²) in [5.41, 5.74) is 0.0377. The molecule has 0 aliphatic heterocycles. The highest BCUT2D eigenvalue weighted by Crippen LogP contribution is 2.20. The number of nitrogens with zero attached hydrogens (tertiary/aromatic N) is 1. The van der Waals surface area contributed by atoms with Crippen molar-refractivity contribution in [3.05, 3.63) is 29.0 Å². The Morgan fingerprint density at radius 3 is 2.88 bits per heavy atom. The molecule has 1 unspecified atom stereocenters. The molecule has 0 aliphatic carbocycles. The van der Waals surface area contributed by atoms with Gasteiger partial charge in [-0.05, 0) is 24.6 Å². The van der Waals surface area contributed by atoms with Crippen molar-refractivity contribution in [1.82, 2.24) is 0 Å². The maximum absolute atomic E-state index is 13.4. The molecule has 0 radical (unpaired) electrons. The van der Waals surface area contributed by atoms with Crippen molar-refractivity contribution >= 4 is 23.2 Å². The Balaban J connectivity index is 2.77. The summed E-state index contributed by atoms with van der Waals surface area (Å²) < 4.78 is 13.4. The quantitative estimate of drug-likeness (QED) is 0.896. The van der Waals surface area contributed by atoms with Gasteiger partial charge in [-0.3, -0.25) is 4.79 Å². The molecular formula is C12H12ClFN2O. The second kappa shape index (κ2) is 6.21. The van der Waals surface area contributed by atoms with E-state index in [1.165, 1.54) is 12.1 Å². The fourth-order valence-corrected chi connectivity index (χ4v) is 1.51. The molecule has 0 aliphatic rings. The molecule has 1 atom stereocenters. The standard InChI is InChI=1S/C12H12ClFN2O/c1-2-3-8(7-15)12(17)16-11-5-4-9(13)6-10(11)14/h4-6,8H,2-3H2,1H3,(H,16,17). The molecule has 0 saturated carbocycles. The second-order valence-corrected chi connectivity index (χ2v) is 4.02. The van der Waals surface area contributed by atoms with Gasteiger partial charge in [0.15, 0.2) is 0 Å². The first-order valence-electron chi connectivity index (χ1n) is 5.24. The van der Waals surface area contributed by atoms with Crippen molar-refractivity contribution < 1.29 is 9.18 Å². The van der Waals surface area contributed by atoms with Crippen molar-refractivity contribution in [2.45, 2.75) is 19.8 Å². The first-order valence-corrected chi connectivity index (χ1v) is 5.61. The van der Waals surface area contributed by atoms with Crippen LogP contribution in [0.3, 0.4) is 0 Å². The molecule has 3 nitrogen and oxygen atoms in total. The molecule has 0 fully saturated rings. The third kappa shape index (κ3) is 3.72. The van der Waals surface area contributed by atoms with Crippen molar-refractivity contribution in [2.24, 2.45) is 5.92 Å². The molecule has 0 heterocycles. The zero-order valence-corrected chi connectivity index (χ0v) is 10.1. The van der Waals surface area contributed by atoms with E-state index in [1.807, 2.05) is 13.0 Å². The van der Waals surface area contributed by atoms with Gasteiger partial charge < -0.3 is 5.32 Å². The molecule has 0 saturated heterocycles. The number of nitrogens with one attached hydrogen (secondary N) is 1. The van der Waals surface area contributed by atoms with Gasteiger partial charge in [-0.1, -0.05) is 24.9 Å². The average molecular weight is 255 g/mol. The van der Waals surface area contributed by atoms with Crippen molar-refractivity contribution in [3.63, 3.8) is 0 Å². The molecule has 17 heavy (non-hydrogen) atoms. The van der Waals surface area contributed by atoms with Gasteiger partial charge in [-0.15, -0.1) is 0 Å². The van der Waals surface area contributed by atoms with Crippen LogP contribution < -0.4 is 5.32 Å². The third-order valence-electron chi connectivity index (χ3n) is 2.24. The Bertz CT molecular complexity index is 456. The molecule has 1 rings (SSSR count). The molecule has 1 N–H and O–H groups in total. The minimum atomic E-state index is -0.755. The van der Waals surface area contributed by atoms with Crippen LogP contribution in [0.2, 0.25) is 5.02 Å². The van der Waals surface area contributed by atoms with Crippen LogP contribution >= 0.6 is 11.6 Å². The zero-order chi connectivity index (χ0) is 12.8. The van der Waals surface area contributed by atoms with Crippen LogP contribution in [0.5, 0.6) is 0 Å². The van der Waals surface area contributed by atoms with Crippen LogP contribution in [-0.4, -0.2) is 5.91 Å². The minimum Gasteiger partial charge on any atom is -0.322 e. The lowest BCUT2D eigenvalue weighted by molar-refractivity contribution is -0.118. The SMILES string of the molecule is CCCC(C#N)C(=O)Nc1ccc(Cl)cc1F. The van der Waals surface area contributed by atoms with Gasteiger partial charge in [0.25, 0.3) is 0 Å². The number of amides is 1. The van der Waals surface area contributed by atoms with E-state index in [0.717, 1.165) is 12.5 Å². The number of halogens is 2. The lowest BCUT2D eigenvalue weighted by atomic mass is 10.0. The van der Waals surface area contributed by atoms with Crippen LogP contribution in [0.1, 0.15) is 19.8 Å². The largest absolute Gasteiger partial charge is 0.322 e. The molecule has 1 aromatic carbocycles. The zero-order valence-electron chi connectivity index (χ0n) is 9.34. The van der Waals surface area contributed by atoms with E-state index in [1.54, 1.807) is 0 Å². The summed E-state index contributed by atoms with van der Waals surface area (Å²) in [5, 5.41) is 11.4. The predicted octanol–water partition coefficient (Wildman–Crippen LogP) is 3.36. The number of rotatable bonds is 4. The van der Waals surface area contributed by atoms with Crippen molar-refractivity contribution in [3.8, 4) is 6.07 Å². The maximum atomic E-state index is 13.4. The Hall–Kier alpha value is -1.60. The smallest absolute Gasteiger partial charge is 0.241 e. The summed E-state index contributed by atoms with van der Waals surface area (Å²) in [6, 6.07) is 5.85. The van der Waals surface area contributed by atoms with Gasteiger partial charge in [0.05, 0.1) is 11.8 Å². The highest BCUT2D eigenvalue weighted by atomic mass is 35.5. The van der Waals surface area contributed by atoms with Gasteiger partial charge in [-0.25, -0.2) is 4.39 Å². The number of hydrogen-bond donors (Lipinski definition) is 1. The number of benzene rings is 1. The monoisotopic (exact) mass is 254 g/mol. The number of nitriles is 1. The number of carbonyl (C=O) groups is 1. The molecule has 1 amide bonds. The highest BCUT2D eigenvalue weighted by Gasteiger charge is 2.18. The Morgan fingerprint density at radius 2 is 2.35 bits per heavy atom. The average Bonchev–Trinajstić information content (AvgIpc) is 2.29. The van der Waals surface area contributed by atoms with E-state index in [9.17, 15) is 9.18 Å². The molecule has 0 bridgehead atoms. The van der Waals surface area contributed by atoms with Crippen molar-refractivity contribution in [2.75, 3.05) is 5.32 Å². The van der Waals surface area contributed by atoms with Gasteiger partial charge >= 0.3 is 0 Å². The first kappa shape index (κ1) is 13.5. The minimum absolute atomic E-state index is 0.0377. The number of hydrogen-bond acceptors (Lipinski definition) is 2. The lowest BCUT2D eigenvalue weighted by Crippen LogP contribution is -2.22. The van der Waals surface area contributed by atoms with E-state index < -0.39 is 17.6 Å². The highest BCUT2D eigenvalue weighted by molar-refractivity contribution is 6.30. The van der Waals surface area contributed by atoms with Crippen LogP contribution in [0.25, 0.3) is 0 Å². The van der Waals surface area contributed by atoms with E-state index >= 15 is 0 Å². The van der Waals surface area contributed by atoms with E-state index in [-0.39, 0.29) is 10.7 Å². The first-order chi connectivity index (χ1) is 8.08. The Labute approximate surface area is 104 Å². The van der Waals surface area contributed by atoms with Gasteiger partial charge in [0, 0.05) is 5.02 Å². The summed E-state index contributed by atoms with van der Waals surface area (Å²) in [6.45, 7) is 1.88. The van der Waals surface area contributed by atoms with Crippen LogP contribution in [0.15, 0.2) is 18.2 Å². The summed E-state index contributed by atoms with van der Waals surface area (Å²) in [5.74, 6) is -1.86.